The number of rotatable bonds is 6. The number of carboxylic acids is 1. The van der Waals surface area contributed by atoms with Gasteiger partial charge in [-0.15, -0.1) is 0 Å². The fourth-order valence-corrected chi connectivity index (χ4v) is 2.69. The molecule has 0 unspecified atom stereocenters. The summed E-state index contributed by atoms with van der Waals surface area (Å²) in [7, 11) is 0. The summed E-state index contributed by atoms with van der Waals surface area (Å²) in [6.45, 7) is 1.79. The van der Waals surface area contributed by atoms with Crippen LogP contribution < -0.4 is 5.32 Å². The van der Waals surface area contributed by atoms with Crippen molar-refractivity contribution < 1.29 is 19.4 Å². The summed E-state index contributed by atoms with van der Waals surface area (Å²) < 4.78 is 5.25. The highest BCUT2D eigenvalue weighted by atomic mass is 16.5. The average Bonchev–Trinajstić information content (AvgIpc) is 2.39. The second-order valence-electron chi connectivity index (χ2n) is 5.71. The van der Waals surface area contributed by atoms with Crippen molar-refractivity contribution >= 4 is 12.0 Å². The normalized spacial score (nSPS) is 20.5. The minimum atomic E-state index is -0.943. The molecule has 6 nitrogen and oxygen atoms in total. The van der Waals surface area contributed by atoms with Gasteiger partial charge < -0.3 is 20.1 Å². The molecule has 2 fully saturated rings. The quantitative estimate of drug-likeness (QED) is 0.774. The number of likely N-dealkylation sites (tertiary alicyclic amines) is 1. The van der Waals surface area contributed by atoms with E-state index in [4.69, 9.17) is 9.84 Å². The van der Waals surface area contributed by atoms with Gasteiger partial charge in [-0.2, -0.15) is 0 Å². The highest BCUT2D eigenvalue weighted by molar-refractivity contribution is 5.74. The molecule has 0 spiro atoms. The third-order valence-corrected chi connectivity index (χ3v) is 4.23. The standard InChI is InChI=1S/C14H24N2O4/c17-13(18)10-20-12-5-8-16(9-6-12)14(19)15-7-4-11-2-1-3-11/h11-12H,1-10H2,(H,15,19)(H,17,18). The number of ether oxygens (including phenoxy) is 1. The predicted octanol–water partition coefficient (Wildman–Crippen LogP) is 1.45. The number of carbonyl (C=O) groups is 2. The number of hydrogen-bond donors (Lipinski definition) is 2. The second-order valence-corrected chi connectivity index (χ2v) is 5.71. The van der Waals surface area contributed by atoms with Gasteiger partial charge in [0.25, 0.3) is 0 Å². The molecule has 0 bridgehead atoms. The first kappa shape index (κ1) is 15.1. The largest absolute Gasteiger partial charge is 0.480 e. The van der Waals surface area contributed by atoms with Gasteiger partial charge >= 0.3 is 12.0 Å². The fraction of sp³-hybridized carbons (Fsp3) is 0.857. The molecule has 0 aromatic heterocycles. The van der Waals surface area contributed by atoms with Gasteiger partial charge in [-0.1, -0.05) is 19.3 Å². The Morgan fingerprint density at radius 1 is 1.20 bits per heavy atom. The summed E-state index contributed by atoms with van der Waals surface area (Å²) in [4.78, 5) is 24.1. The Bertz CT molecular complexity index is 336. The lowest BCUT2D eigenvalue weighted by Crippen LogP contribution is -2.46. The molecule has 0 aromatic rings. The van der Waals surface area contributed by atoms with Crippen LogP contribution in [0.1, 0.15) is 38.5 Å². The summed E-state index contributed by atoms with van der Waals surface area (Å²) in [5, 5.41) is 11.5. The summed E-state index contributed by atoms with van der Waals surface area (Å²) in [6, 6.07) is 0.000933. The minimum Gasteiger partial charge on any atom is -0.480 e. The first-order valence-electron chi connectivity index (χ1n) is 7.51. The van der Waals surface area contributed by atoms with Crippen LogP contribution in [-0.4, -0.2) is 54.4 Å². The molecule has 0 aromatic carbocycles. The first-order valence-corrected chi connectivity index (χ1v) is 7.51. The van der Waals surface area contributed by atoms with Crippen LogP contribution in [0.2, 0.25) is 0 Å². The number of hydrogen-bond acceptors (Lipinski definition) is 3. The van der Waals surface area contributed by atoms with Gasteiger partial charge in [0, 0.05) is 19.6 Å². The Morgan fingerprint density at radius 2 is 1.90 bits per heavy atom. The number of nitrogens with zero attached hydrogens (tertiary/aromatic N) is 1. The van der Waals surface area contributed by atoms with Gasteiger partial charge in [-0.25, -0.2) is 9.59 Å². The highest BCUT2D eigenvalue weighted by Crippen LogP contribution is 2.28. The van der Waals surface area contributed by atoms with E-state index in [0.717, 1.165) is 18.9 Å². The van der Waals surface area contributed by atoms with E-state index in [2.05, 4.69) is 5.32 Å². The van der Waals surface area contributed by atoms with E-state index in [0.29, 0.717) is 25.9 Å². The van der Waals surface area contributed by atoms with E-state index < -0.39 is 5.97 Å². The minimum absolute atomic E-state index is 0.000933. The molecule has 1 aliphatic heterocycles. The topological polar surface area (TPSA) is 78.9 Å². The van der Waals surface area contributed by atoms with E-state index in [1.54, 1.807) is 4.90 Å². The fourth-order valence-electron chi connectivity index (χ4n) is 2.69. The maximum atomic E-state index is 11.9. The zero-order valence-corrected chi connectivity index (χ0v) is 11.8. The SMILES string of the molecule is O=C(O)COC1CCN(C(=O)NCCC2CCC2)CC1. The van der Waals surface area contributed by atoms with E-state index in [-0.39, 0.29) is 18.7 Å². The predicted molar refractivity (Wildman–Crippen MR) is 73.5 cm³/mol. The van der Waals surface area contributed by atoms with Gasteiger partial charge in [-0.3, -0.25) is 0 Å². The Hall–Kier alpha value is -1.30. The van der Waals surface area contributed by atoms with Crippen LogP contribution >= 0.6 is 0 Å². The van der Waals surface area contributed by atoms with Crippen LogP contribution in [0.15, 0.2) is 0 Å². The molecule has 2 amide bonds. The molecule has 20 heavy (non-hydrogen) atoms. The number of amides is 2. The Labute approximate surface area is 119 Å². The molecule has 2 aliphatic rings. The molecular weight excluding hydrogens is 260 g/mol. The van der Waals surface area contributed by atoms with Crippen molar-refractivity contribution in [1.82, 2.24) is 10.2 Å². The average molecular weight is 284 g/mol. The smallest absolute Gasteiger partial charge is 0.329 e. The van der Waals surface area contributed by atoms with Crippen molar-refractivity contribution in [3.8, 4) is 0 Å². The third kappa shape index (κ3) is 4.67. The van der Waals surface area contributed by atoms with Crippen LogP contribution in [0, 0.1) is 5.92 Å². The molecule has 1 saturated carbocycles. The Kier molecular flexibility index (Phi) is 5.64. The maximum Gasteiger partial charge on any atom is 0.329 e. The zero-order valence-electron chi connectivity index (χ0n) is 11.8. The van der Waals surface area contributed by atoms with E-state index >= 15 is 0 Å². The first-order chi connectivity index (χ1) is 9.65. The van der Waals surface area contributed by atoms with Gasteiger partial charge in [0.1, 0.15) is 6.61 Å². The van der Waals surface area contributed by atoms with Crippen molar-refractivity contribution in [3.63, 3.8) is 0 Å². The molecule has 2 rings (SSSR count). The monoisotopic (exact) mass is 284 g/mol. The molecule has 0 atom stereocenters. The number of nitrogens with one attached hydrogen (secondary N) is 1. The van der Waals surface area contributed by atoms with Gasteiger partial charge in [0.05, 0.1) is 6.10 Å². The Balaban J connectivity index is 1.57. The summed E-state index contributed by atoms with van der Waals surface area (Å²) in [5.41, 5.74) is 0. The lowest BCUT2D eigenvalue weighted by atomic mass is 9.83. The van der Waals surface area contributed by atoms with Gasteiger partial charge in [0.2, 0.25) is 0 Å². The zero-order chi connectivity index (χ0) is 14.4. The molecule has 1 heterocycles. The van der Waals surface area contributed by atoms with Crippen molar-refractivity contribution in [2.75, 3.05) is 26.2 Å². The van der Waals surface area contributed by atoms with E-state index in [9.17, 15) is 9.59 Å². The number of aliphatic carboxylic acids is 1. The number of carboxylic acid groups (broad SMARTS) is 1. The third-order valence-electron chi connectivity index (χ3n) is 4.23. The second kappa shape index (κ2) is 7.47. The van der Waals surface area contributed by atoms with Crippen molar-refractivity contribution in [2.45, 2.75) is 44.6 Å². The molecule has 1 aliphatic carbocycles. The molecule has 1 saturated heterocycles. The van der Waals surface area contributed by atoms with Crippen LogP contribution in [-0.2, 0) is 9.53 Å². The summed E-state index contributed by atoms with van der Waals surface area (Å²) in [6.07, 6.45) is 6.42. The number of urea groups is 1. The maximum absolute atomic E-state index is 11.9. The number of piperidine rings is 1. The van der Waals surface area contributed by atoms with Crippen LogP contribution in [0.25, 0.3) is 0 Å². The van der Waals surface area contributed by atoms with Crippen LogP contribution in [0.5, 0.6) is 0 Å². The summed E-state index contributed by atoms with van der Waals surface area (Å²) in [5.74, 6) is -0.133. The Morgan fingerprint density at radius 3 is 2.45 bits per heavy atom. The lowest BCUT2D eigenvalue weighted by Gasteiger charge is -2.32. The molecular formula is C14H24N2O4. The summed E-state index contributed by atoms with van der Waals surface area (Å²) >= 11 is 0. The van der Waals surface area contributed by atoms with Crippen LogP contribution in [0.4, 0.5) is 4.79 Å². The van der Waals surface area contributed by atoms with Crippen LogP contribution in [0.3, 0.4) is 0 Å². The van der Waals surface area contributed by atoms with Crippen molar-refractivity contribution in [1.29, 1.82) is 0 Å². The van der Waals surface area contributed by atoms with Gasteiger partial charge in [0.15, 0.2) is 0 Å². The highest BCUT2D eigenvalue weighted by Gasteiger charge is 2.24. The van der Waals surface area contributed by atoms with E-state index in [1.165, 1.54) is 19.3 Å². The van der Waals surface area contributed by atoms with Gasteiger partial charge in [-0.05, 0) is 25.2 Å². The number of carbonyl (C=O) groups excluding carboxylic acids is 1. The van der Waals surface area contributed by atoms with Crippen molar-refractivity contribution in [2.24, 2.45) is 5.92 Å². The lowest BCUT2D eigenvalue weighted by molar-refractivity contribution is -0.145. The molecule has 114 valence electrons. The molecule has 2 N–H and O–H groups in total. The van der Waals surface area contributed by atoms with Crippen molar-refractivity contribution in [3.05, 3.63) is 0 Å². The van der Waals surface area contributed by atoms with E-state index in [1.807, 2.05) is 0 Å². The molecule has 0 radical (unpaired) electrons. The molecule has 6 heteroatoms.